The Morgan fingerprint density at radius 1 is 0.634 bits per heavy atom. The second-order valence-corrected chi connectivity index (χ2v) is 24.4. The Morgan fingerprint density at radius 2 is 0.878 bits per heavy atom. The van der Waals surface area contributed by atoms with Crippen molar-refractivity contribution in [3.63, 3.8) is 0 Å². The van der Waals surface area contributed by atoms with Crippen molar-refractivity contribution in [3.8, 4) is 0 Å². The fourth-order valence-corrected chi connectivity index (χ4v) is 10.6. The number of halogens is 2. The Kier molecular flexibility index (Phi) is 25.6. The molecule has 7 heteroatoms. The van der Waals surface area contributed by atoms with Gasteiger partial charge in [-0.2, -0.15) is 0 Å². The Hall–Kier alpha value is 1.43. The fraction of sp³-hybridized carbons (Fsp3) is 1.00. The first-order valence-electron chi connectivity index (χ1n) is 14.6. The summed E-state index contributed by atoms with van der Waals surface area (Å²) in [7, 11) is 7.90. The molecule has 0 aromatic rings. The van der Waals surface area contributed by atoms with Crippen LogP contribution in [0.15, 0.2) is 0 Å². The van der Waals surface area contributed by atoms with Crippen molar-refractivity contribution >= 4 is 37.5 Å². The van der Waals surface area contributed by atoms with Crippen LogP contribution in [0.4, 0.5) is 0 Å². The molecule has 0 amide bonds. The third-order valence-corrected chi connectivity index (χ3v) is 10.2. The summed E-state index contributed by atoms with van der Waals surface area (Å²) in [6, 6.07) is 0. The van der Waals surface area contributed by atoms with Gasteiger partial charge in [0.05, 0.1) is 11.2 Å². The van der Waals surface area contributed by atoms with E-state index in [2.05, 4.69) is 39.3 Å². The van der Waals surface area contributed by atoms with Crippen molar-refractivity contribution in [2.45, 2.75) is 185 Å². The van der Waals surface area contributed by atoms with Gasteiger partial charge in [-0.1, -0.05) is 89.9 Å². The molecule has 8 aliphatic rings. The third-order valence-electron chi connectivity index (χ3n) is 9.14. The van der Waals surface area contributed by atoms with Crippen molar-refractivity contribution in [2.75, 3.05) is 0 Å². The summed E-state index contributed by atoms with van der Waals surface area (Å²) in [5.41, 5.74) is 0.116. The van der Waals surface area contributed by atoms with E-state index in [1.165, 1.54) is 70.6 Å². The molecule has 0 saturated heterocycles. The molecule has 0 heterocycles. The molecule has 0 aliphatic heterocycles. The van der Waals surface area contributed by atoms with E-state index in [1.54, 1.807) is 0 Å². The van der Waals surface area contributed by atoms with Gasteiger partial charge in [0.15, 0.2) is 8.32 Å². The van der Waals surface area contributed by atoms with Gasteiger partial charge in [0, 0.05) is 10.2 Å². The largest absolute Gasteiger partial charge is 0 e. The number of hydrogen-bond acceptors (Lipinski definition) is 2. The minimum absolute atomic E-state index is 0. The molecule has 8 fully saturated rings. The van der Waals surface area contributed by atoms with Crippen molar-refractivity contribution in [1.82, 2.24) is 0 Å². The van der Waals surface area contributed by atoms with Gasteiger partial charge in [0.25, 0.3) is 0 Å². The molecule has 0 radical (unpaired) electrons. The molecule has 8 rings (SSSR count). The predicted molar refractivity (Wildman–Crippen MR) is 197 cm³/mol. The summed E-state index contributed by atoms with van der Waals surface area (Å²) >= 11 is 0.569. The SMILES string of the molecule is C.C.C.C.C.C.C[SiH](C)C.C[Si](C)(C)OC12CC3CCC(CC(C3)C1)C2.OC12CC3CCC(CC(C3)C1)C2.[Cl][Ni][Cl].[HH]. The fourth-order valence-electron chi connectivity index (χ4n) is 9.03. The Labute approximate surface area is 280 Å². The Morgan fingerprint density at radius 3 is 1.17 bits per heavy atom. The molecule has 8 aliphatic carbocycles. The zero-order valence-electron chi connectivity index (χ0n) is 23.4. The van der Waals surface area contributed by atoms with Crippen LogP contribution in [0.1, 0.15) is 136 Å². The summed E-state index contributed by atoms with van der Waals surface area (Å²) in [5, 5.41) is 10.3. The minimum Gasteiger partial charge on any atom is 0 e. The van der Waals surface area contributed by atoms with Crippen LogP contribution in [0.2, 0.25) is 39.3 Å². The predicted octanol–water partition coefficient (Wildman–Crippen LogP) is 13.1. The van der Waals surface area contributed by atoms with Crippen LogP contribution in [0.3, 0.4) is 0 Å². The number of fused-ring (bicyclic) bond motifs is 2. The first kappa shape index (κ1) is 49.3. The van der Waals surface area contributed by atoms with Crippen LogP contribution in [0.5, 0.6) is 0 Å². The molecule has 4 unspecified atom stereocenters. The average Bonchev–Trinajstić information content (AvgIpc) is 3.01. The second kappa shape index (κ2) is 21.3. The summed E-state index contributed by atoms with van der Waals surface area (Å²) in [4.78, 5) is 0. The summed E-state index contributed by atoms with van der Waals surface area (Å²) in [6.07, 6.45) is 19.3. The second-order valence-electron chi connectivity index (χ2n) is 14.9. The van der Waals surface area contributed by atoms with Gasteiger partial charge < -0.3 is 9.53 Å². The van der Waals surface area contributed by atoms with Gasteiger partial charge in [0.2, 0.25) is 0 Å². The maximum Gasteiger partial charge on any atom is 0 e. The van der Waals surface area contributed by atoms with E-state index in [0.29, 0.717) is 18.3 Å². The molecule has 1 N–H and O–H groups in total. The van der Waals surface area contributed by atoms with Gasteiger partial charge >= 0.3 is 33.0 Å². The molecule has 41 heavy (non-hydrogen) atoms. The van der Waals surface area contributed by atoms with Crippen molar-refractivity contribution in [1.29, 1.82) is 0 Å². The number of rotatable bonds is 2. The van der Waals surface area contributed by atoms with E-state index < -0.39 is 8.32 Å². The Balaban J connectivity index is -0.000000159. The first-order valence-corrected chi connectivity index (χ1v) is 24.2. The molecule has 260 valence electrons. The van der Waals surface area contributed by atoms with E-state index in [-0.39, 0.29) is 60.4 Å². The van der Waals surface area contributed by atoms with Crippen LogP contribution >= 0.6 is 20.4 Å². The molecule has 2 nitrogen and oxygen atoms in total. The zero-order valence-corrected chi connectivity index (χ0v) is 28.0. The topological polar surface area (TPSA) is 29.5 Å². The van der Waals surface area contributed by atoms with Crippen LogP contribution in [0, 0.1) is 35.5 Å². The molecular weight excluding hydrogens is 626 g/mol. The van der Waals surface area contributed by atoms with Crippen LogP contribution in [-0.4, -0.2) is 33.4 Å². The average molecular weight is 707 g/mol. The normalized spacial score (nSPS) is 36.5. The number of hydrogen-bond donors (Lipinski definition) is 1. The maximum atomic E-state index is 10.3. The van der Waals surface area contributed by atoms with E-state index in [4.69, 9.17) is 24.8 Å². The summed E-state index contributed by atoms with van der Waals surface area (Å²) < 4.78 is 6.66. The van der Waals surface area contributed by atoms with E-state index in [1.807, 2.05) is 0 Å². The molecule has 0 spiro atoms. The number of aliphatic hydroxyl groups is 1. The molecule has 8 saturated carbocycles. The van der Waals surface area contributed by atoms with Gasteiger partial charge in [-0.25, -0.2) is 0 Å². The molecule has 0 aromatic heterocycles. The maximum absolute atomic E-state index is 10.3. The Bertz CT molecular complexity index is 633. The van der Waals surface area contributed by atoms with Crippen LogP contribution < -0.4 is 0 Å². The monoisotopic (exact) mass is 704 g/mol. The molecule has 8 bridgehead atoms. The van der Waals surface area contributed by atoms with Crippen molar-refractivity contribution < 1.29 is 23.6 Å². The van der Waals surface area contributed by atoms with Crippen LogP contribution in [0.25, 0.3) is 0 Å². The van der Waals surface area contributed by atoms with Crippen molar-refractivity contribution in [2.24, 2.45) is 35.5 Å². The summed E-state index contributed by atoms with van der Waals surface area (Å²) in [6.45, 7) is 14.0. The smallest absolute Gasteiger partial charge is 0 e. The summed E-state index contributed by atoms with van der Waals surface area (Å²) in [5.74, 6) is 5.65. The first-order chi connectivity index (χ1) is 16.3. The van der Waals surface area contributed by atoms with Gasteiger partial charge in [-0.15, -0.1) is 0 Å². The van der Waals surface area contributed by atoms with Crippen molar-refractivity contribution in [3.05, 3.63) is 0 Å². The van der Waals surface area contributed by atoms with E-state index in [9.17, 15) is 5.11 Å². The van der Waals surface area contributed by atoms with Gasteiger partial charge in [-0.05, 0) is 119 Å². The zero-order chi connectivity index (χ0) is 25.9. The quantitative estimate of drug-likeness (QED) is 0.290. The van der Waals surface area contributed by atoms with E-state index >= 15 is 0 Å². The standard InChI is InChI=1S/C14H26OSi.C11H18O.C3H10Si.6CH4.2ClH.Ni.H2/c1-16(2,3)15-14-8-11-4-5-12(9-14)7-13(6-11)10-14;12-11-5-8-1-2-9(6-11)4-10(3-8)7-11;1-4(2)3;;;;;;;;;;/h11-13H,4-10H2,1-3H3;8-10,12H,1-7H2;4H,1-3H3;6*1H4;2*1H;;1H/q;;;;;;;;;;;+2;/p-2. The van der Waals surface area contributed by atoms with Gasteiger partial charge in [-0.3, -0.25) is 0 Å². The third kappa shape index (κ3) is 16.0. The molecular formula is C34H80Cl2NiO2Si2. The molecule has 4 atom stereocenters. The van der Waals surface area contributed by atoms with Gasteiger partial charge in [0.1, 0.15) is 0 Å². The van der Waals surface area contributed by atoms with E-state index in [0.717, 1.165) is 54.8 Å². The minimum atomic E-state index is -1.37. The van der Waals surface area contributed by atoms with Crippen LogP contribution in [-0.2, 0) is 17.1 Å². The molecule has 0 aromatic carbocycles.